The smallest absolute Gasteiger partial charge is 0.145 e. The van der Waals surface area contributed by atoms with Crippen molar-refractivity contribution >= 4 is 11.6 Å². The normalized spacial score (nSPS) is 29.9. The average Bonchev–Trinajstić information content (AvgIpc) is 3.05. The molecule has 1 nitrogen and oxygen atoms in total. The minimum Gasteiger partial charge on any atom is -0.317 e. The van der Waals surface area contributed by atoms with E-state index in [4.69, 9.17) is 11.6 Å². The molecule has 2 aliphatic rings. The van der Waals surface area contributed by atoms with Crippen molar-refractivity contribution in [1.82, 2.24) is 5.32 Å². The van der Waals surface area contributed by atoms with E-state index in [2.05, 4.69) is 5.32 Å². The van der Waals surface area contributed by atoms with Gasteiger partial charge in [-0.15, -0.1) is 0 Å². The van der Waals surface area contributed by atoms with Gasteiger partial charge in [-0.3, -0.25) is 0 Å². The average molecular weight is 296 g/mol. The number of fused-ring (bicyclic) bond motifs is 2. The molecule has 2 aliphatic carbocycles. The second-order valence-electron chi connectivity index (χ2n) is 6.57. The summed E-state index contributed by atoms with van der Waals surface area (Å²) in [6.07, 6.45) is 7.58. The third-order valence-electron chi connectivity index (χ3n) is 5.38. The summed E-state index contributed by atoms with van der Waals surface area (Å²) in [5.74, 6) is 2.50. The Morgan fingerprint density at radius 1 is 1.35 bits per heavy atom. The summed E-state index contributed by atoms with van der Waals surface area (Å²) in [6.45, 7) is 0. The van der Waals surface area contributed by atoms with E-state index >= 15 is 0 Å². The molecule has 0 spiro atoms. The van der Waals surface area contributed by atoms with Gasteiger partial charge in [0.05, 0.1) is 5.02 Å². The highest BCUT2D eigenvalue weighted by Crippen LogP contribution is 2.50. The number of nitrogens with one attached hydrogen (secondary N) is 1. The Balaban J connectivity index is 1.63. The number of hydrogen-bond acceptors (Lipinski definition) is 1. The molecule has 1 aromatic rings. The standard InChI is InChI=1S/C17H23ClFN/c1-20-15(9-13-3-2-4-16(18)17(13)19)10-14-8-11-5-6-12(14)7-11/h2-4,11-12,14-15,20H,5-10H2,1H3. The van der Waals surface area contributed by atoms with Gasteiger partial charge in [0.1, 0.15) is 5.82 Å². The summed E-state index contributed by atoms with van der Waals surface area (Å²) in [5.41, 5.74) is 0.736. The van der Waals surface area contributed by atoms with Crippen molar-refractivity contribution in [3.63, 3.8) is 0 Å². The van der Waals surface area contributed by atoms with Gasteiger partial charge in [0.2, 0.25) is 0 Å². The van der Waals surface area contributed by atoms with Crippen LogP contribution in [0.15, 0.2) is 18.2 Å². The van der Waals surface area contributed by atoms with E-state index in [1.807, 2.05) is 19.2 Å². The Morgan fingerprint density at radius 2 is 2.20 bits per heavy atom. The van der Waals surface area contributed by atoms with E-state index < -0.39 is 0 Å². The van der Waals surface area contributed by atoms with Crippen LogP contribution in [0.1, 0.15) is 37.7 Å². The zero-order chi connectivity index (χ0) is 14.1. The summed E-state index contributed by atoms with van der Waals surface area (Å²) < 4.78 is 14.0. The molecule has 1 N–H and O–H groups in total. The lowest BCUT2D eigenvalue weighted by Crippen LogP contribution is -2.31. The van der Waals surface area contributed by atoms with E-state index in [1.54, 1.807) is 6.07 Å². The zero-order valence-corrected chi connectivity index (χ0v) is 12.8. The van der Waals surface area contributed by atoms with E-state index in [0.717, 1.165) is 29.7 Å². The quantitative estimate of drug-likeness (QED) is 0.847. The molecule has 1 aromatic carbocycles. The summed E-state index contributed by atoms with van der Waals surface area (Å²) in [7, 11) is 1.99. The Hall–Kier alpha value is -0.600. The molecule has 4 atom stereocenters. The lowest BCUT2D eigenvalue weighted by molar-refractivity contribution is 0.281. The molecular formula is C17H23ClFN. The first-order valence-electron chi connectivity index (χ1n) is 7.77. The van der Waals surface area contributed by atoms with Crippen LogP contribution < -0.4 is 5.32 Å². The fourth-order valence-electron chi connectivity index (χ4n) is 4.31. The maximum atomic E-state index is 14.0. The van der Waals surface area contributed by atoms with Crippen molar-refractivity contribution in [3.05, 3.63) is 34.6 Å². The van der Waals surface area contributed by atoms with Crippen molar-refractivity contribution in [1.29, 1.82) is 0 Å². The molecule has 0 aliphatic heterocycles. The van der Waals surface area contributed by atoms with Crippen molar-refractivity contribution in [3.8, 4) is 0 Å². The number of likely N-dealkylation sites (N-methyl/N-ethyl adjacent to an activating group) is 1. The SMILES string of the molecule is CNC(Cc1cccc(Cl)c1F)CC1CC2CCC1C2. The van der Waals surface area contributed by atoms with Crippen LogP contribution >= 0.6 is 11.6 Å². The zero-order valence-electron chi connectivity index (χ0n) is 12.0. The van der Waals surface area contributed by atoms with Crippen molar-refractivity contribution in [2.24, 2.45) is 17.8 Å². The molecule has 0 amide bonds. The van der Waals surface area contributed by atoms with Gasteiger partial charge in [-0.25, -0.2) is 4.39 Å². The fourth-order valence-corrected chi connectivity index (χ4v) is 4.50. The van der Waals surface area contributed by atoms with Crippen LogP contribution in [0, 0.1) is 23.6 Å². The molecule has 0 radical (unpaired) electrons. The molecule has 0 saturated heterocycles. The summed E-state index contributed by atoms with van der Waals surface area (Å²) in [6, 6.07) is 5.66. The summed E-state index contributed by atoms with van der Waals surface area (Å²) >= 11 is 5.87. The third-order valence-corrected chi connectivity index (χ3v) is 5.67. The van der Waals surface area contributed by atoms with Gasteiger partial charge in [-0.2, -0.15) is 0 Å². The van der Waals surface area contributed by atoms with Crippen LogP contribution in [-0.4, -0.2) is 13.1 Å². The number of hydrogen-bond donors (Lipinski definition) is 1. The molecule has 4 unspecified atom stereocenters. The van der Waals surface area contributed by atoms with Gasteiger partial charge in [-0.05, 0) is 68.5 Å². The van der Waals surface area contributed by atoms with Crippen molar-refractivity contribution < 1.29 is 4.39 Å². The molecule has 0 aromatic heterocycles. The molecule has 3 rings (SSSR count). The van der Waals surface area contributed by atoms with Crippen LogP contribution in [0.25, 0.3) is 0 Å². The lowest BCUT2D eigenvalue weighted by atomic mass is 9.83. The Labute approximate surface area is 125 Å². The predicted octanol–water partition coefficient (Wildman–Crippen LogP) is 4.44. The number of rotatable bonds is 5. The minimum atomic E-state index is -0.248. The van der Waals surface area contributed by atoms with E-state index in [-0.39, 0.29) is 10.8 Å². The Morgan fingerprint density at radius 3 is 2.85 bits per heavy atom. The van der Waals surface area contributed by atoms with Gasteiger partial charge in [0, 0.05) is 6.04 Å². The van der Waals surface area contributed by atoms with Crippen molar-refractivity contribution in [2.75, 3.05) is 7.05 Å². The highest BCUT2D eigenvalue weighted by atomic mass is 35.5. The van der Waals surface area contributed by atoms with Gasteiger partial charge < -0.3 is 5.32 Å². The molecule has 2 bridgehead atoms. The predicted molar refractivity (Wildman–Crippen MR) is 81.5 cm³/mol. The Bertz CT molecular complexity index is 476. The lowest BCUT2D eigenvalue weighted by Gasteiger charge is -2.26. The van der Waals surface area contributed by atoms with E-state index in [1.165, 1.54) is 32.1 Å². The molecule has 3 heteroatoms. The van der Waals surface area contributed by atoms with Crippen molar-refractivity contribution in [2.45, 2.75) is 44.6 Å². The van der Waals surface area contributed by atoms with Gasteiger partial charge in [0.15, 0.2) is 0 Å². The highest BCUT2D eigenvalue weighted by molar-refractivity contribution is 6.30. The van der Waals surface area contributed by atoms with E-state index in [9.17, 15) is 4.39 Å². The largest absolute Gasteiger partial charge is 0.317 e. The summed E-state index contributed by atoms with van der Waals surface area (Å²) in [5, 5.41) is 3.61. The minimum absolute atomic E-state index is 0.234. The topological polar surface area (TPSA) is 12.0 Å². The molecule has 110 valence electrons. The Kier molecular flexibility index (Phi) is 4.32. The summed E-state index contributed by atoms with van der Waals surface area (Å²) in [4.78, 5) is 0. The van der Waals surface area contributed by atoms with Crippen LogP contribution in [0.5, 0.6) is 0 Å². The maximum absolute atomic E-state index is 14.0. The molecular weight excluding hydrogens is 273 g/mol. The molecule has 0 heterocycles. The first kappa shape index (κ1) is 14.3. The molecule has 2 fully saturated rings. The first-order chi connectivity index (χ1) is 9.67. The van der Waals surface area contributed by atoms with Gasteiger partial charge in [0.25, 0.3) is 0 Å². The number of benzene rings is 1. The third kappa shape index (κ3) is 2.87. The monoisotopic (exact) mass is 295 g/mol. The maximum Gasteiger partial charge on any atom is 0.145 e. The van der Waals surface area contributed by atoms with Crippen LogP contribution in [-0.2, 0) is 6.42 Å². The second kappa shape index (κ2) is 6.03. The highest BCUT2D eigenvalue weighted by Gasteiger charge is 2.39. The van der Waals surface area contributed by atoms with Crippen LogP contribution in [0.2, 0.25) is 5.02 Å². The first-order valence-corrected chi connectivity index (χ1v) is 8.15. The fraction of sp³-hybridized carbons (Fsp3) is 0.647. The van der Waals surface area contributed by atoms with Gasteiger partial charge >= 0.3 is 0 Å². The molecule has 2 saturated carbocycles. The second-order valence-corrected chi connectivity index (χ2v) is 6.98. The van der Waals surface area contributed by atoms with E-state index in [0.29, 0.717) is 6.04 Å². The van der Waals surface area contributed by atoms with Crippen LogP contribution in [0.4, 0.5) is 4.39 Å². The van der Waals surface area contributed by atoms with Gasteiger partial charge in [-0.1, -0.05) is 30.2 Å². The van der Waals surface area contributed by atoms with Crippen LogP contribution in [0.3, 0.4) is 0 Å². The number of halogens is 2. The molecule has 20 heavy (non-hydrogen) atoms.